The predicted octanol–water partition coefficient (Wildman–Crippen LogP) is 1.37. The molecular formula is C14H23N3O2. The number of nitrogens with two attached hydrogens (primary N) is 1. The maximum Gasteiger partial charge on any atom is 0.325 e. The summed E-state index contributed by atoms with van der Waals surface area (Å²) in [5.74, 6) is 0.292. The third-order valence-corrected chi connectivity index (χ3v) is 5.15. The fourth-order valence-electron chi connectivity index (χ4n) is 4.06. The highest BCUT2D eigenvalue weighted by molar-refractivity contribution is 6.07. The first-order valence-electron chi connectivity index (χ1n) is 7.54. The maximum atomic E-state index is 12.7. The van der Waals surface area contributed by atoms with E-state index in [0.717, 1.165) is 51.4 Å². The number of nitrogens with zero attached hydrogens (tertiary/aromatic N) is 1. The van der Waals surface area contributed by atoms with Gasteiger partial charge in [-0.05, 0) is 38.1 Å². The lowest BCUT2D eigenvalue weighted by Crippen LogP contribution is -2.50. The van der Waals surface area contributed by atoms with E-state index in [1.165, 1.54) is 4.90 Å². The molecule has 0 aromatic rings. The van der Waals surface area contributed by atoms with E-state index in [4.69, 9.17) is 5.73 Å². The van der Waals surface area contributed by atoms with Crippen molar-refractivity contribution < 1.29 is 9.59 Å². The minimum atomic E-state index is -0.576. The van der Waals surface area contributed by atoms with Crippen LogP contribution in [0, 0.1) is 5.92 Å². The number of carbonyl (C=O) groups excluding carboxylic acids is 2. The van der Waals surface area contributed by atoms with E-state index in [1.54, 1.807) is 0 Å². The highest BCUT2D eigenvalue weighted by atomic mass is 16.2. The fourth-order valence-corrected chi connectivity index (χ4v) is 4.06. The molecule has 19 heavy (non-hydrogen) atoms. The van der Waals surface area contributed by atoms with Gasteiger partial charge in [0, 0.05) is 6.04 Å². The highest BCUT2D eigenvalue weighted by Gasteiger charge is 2.55. The third kappa shape index (κ3) is 1.95. The average molecular weight is 265 g/mol. The topological polar surface area (TPSA) is 75.4 Å². The first-order chi connectivity index (χ1) is 9.18. The Morgan fingerprint density at radius 3 is 2.53 bits per heavy atom. The number of carbonyl (C=O) groups is 2. The molecule has 2 unspecified atom stereocenters. The second-order valence-electron chi connectivity index (χ2n) is 6.24. The van der Waals surface area contributed by atoms with E-state index in [9.17, 15) is 9.59 Å². The Balaban J connectivity index is 1.83. The van der Waals surface area contributed by atoms with Gasteiger partial charge in [0.2, 0.25) is 0 Å². The van der Waals surface area contributed by atoms with Crippen molar-refractivity contribution >= 4 is 11.9 Å². The number of hydrogen-bond donors (Lipinski definition) is 2. The van der Waals surface area contributed by atoms with Gasteiger partial charge in [-0.3, -0.25) is 9.69 Å². The lowest BCUT2D eigenvalue weighted by Gasteiger charge is -2.36. The molecule has 3 amide bonds. The lowest BCUT2D eigenvalue weighted by molar-refractivity contribution is -0.134. The second kappa shape index (κ2) is 4.78. The number of urea groups is 1. The Kier molecular flexibility index (Phi) is 3.25. The first-order valence-corrected chi connectivity index (χ1v) is 7.54. The van der Waals surface area contributed by atoms with Crippen molar-refractivity contribution in [3.05, 3.63) is 0 Å². The van der Waals surface area contributed by atoms with Gasteiger partial charge in [-0.1, -0.05) is 25.7 Å². The molecule has 1 aliphatic heterocycles. The Bertz CT molecular complexity index is 390. The van der Waals surface area contributed by atoms with Crippen LogP contribution in [0.2, 0.25) is 0 Å². The molecule has 3 aliphatic rings. The van der Waals surface area contributed by atoms with Gasteiger partial charge < -0.3 is 11.1 Å². The molecule has 1 heterocycles. The Labute approximate surface area is 113 Å². The van der Waals surface area contributed by atoms with Crippen molar-refractivity contribution in [2.45, 2.75) is 62.9 Å². The van der Waals surface area contributed by atoms with Crippen molar-refractivity contribution in [1.82, 2.24) is 10.2 Å². The van der Waals surface area contributed by atoms with Crippen molar-refractivity contribution in [3.8, 4) is 0 Å². The summed E-state index contributed by atoms with van der Waals surface area (Å²) >= 11 is 0. The zero-order valence-electron chi connectivity index (χ0n) is 11.4. The van der Waals surface area contributed by atoms with Crippen LogP contribution < -0.4 is 11.1 Å². The number of nitrogens with one attached hydrogen (secondary N) is 1. The van der Waals surface area contributed by atoms with Crippen LogP contribution >= 0.6 is 0 Å². The molecule has 3 rings (SSSR count). The summed E-state index contributed by atoms with van der Waals surface area (Å²) in [4.78, 5) is 26.5. The van der Waals surface area contributed by atoms with E-state index in [-0.39, 0.29) is 23.9 Å². The zero-order chi connectivity index (χ0) is 13.5. The van der Waals surface area contributed by atoms with Crippen LogP contribution in [0.15, 0.2) is 0 Å². The lowest BCUT2D eigenvalue weighted by atomic mass is 9.83. The summed E-state index contributed by atoms with van der Waals surface area (Å²) in [6.45, 7) is 0.564. The standard InChI is InChI=1S/C14H23N3O2/c15-9-10-5-1-2-6-11(10)17-12(18)14(16-13(17)19)7-3-4-8-14/h10-11H,1-9,15H2,(H,16,19). The molecular weight excluding hydrogens is 242 g/mol. The summed E-state index contributed by atoms with van der Waals surface area (Å²) in [6.07, 6.45) is 7.86. The van der Waals surface area contributed by atoms with E-state index in [0.29, 0.717) is 6.54 Å². The quantitative estimate of drug-likeness (QED) is 0.740. The van der Waals surface area contributed by atoms with E-state index in [2.05, 4.69) is 5.32 Å². The van der Waals surface area contributed by atoms with Gasteiger partial charge in [0.15, 0.2) is 0 Å². The van der Waals surface area contributed by atoms with Gasteiger partial charge in [0.1, 0.15) is 5.54 Å². The van der Waals surface area contributed by atoms with Crippen LogP contribution in [0.25, 0.3) is 0 Å². The zero-order valence-corrected chi connectivity index (χ0v) is 11.4. The molecule has 2 saturated carbocycles. The molecule has 1 spiro atoms. The smallest absolute Gasteiger partial charge is 0.325 e. The normalized spacial score (nSPS) is 34.1. The van der Waals surface area contributed by atoms with Gasteiger partial charge in [0.25, 0.3) is 5.91 Å². The molecule has 2 aliphatic carbocycles. The van der Waals surface area contributed by atoms with Gasteiger partial charge in [-0.15, -0.1) is 0 Å². The second-order valence-corrected chi connectivity index (χ2v) is 6.24. The largest absolute Gasteiger partial charge is 0.330 e. The summed E-state index contributed by atoms with van der Waals surface area (Å²) < 4.78 is 0. The van der Waals surface area contributed by atoms with Crippen LogP contribution in [0.4, 0.5) is 4.79 Å². The number of amides is 3. The summed E-state index contributed by atoms with van der Waals surface area (Å²) in [7, 11) is 0. The van der Waals surface area contributed by atoms with Crippen molar-refractivity contribution in [2.75, 3.05) is 6.54 Å². The minimum absolute atomic E-state index is 0.0142. The van der Waals surface area contributed by atoms with Crippen LogP contribution in [-0.2, 0) is 4.79 Å². The molecule has 0 aromatic carbocycles. The summed E-state index contributed by atoms with van der Waals surface area (Å²) in [5.41, 5.74) is 5.25. The van der Waals surface area contributed by atoms with Crippen LogP contribution in [0.1, 0.15) is 51.4 Å². The molecule has 2 atom stereocenters. The first kappa shape index (κ1) is 12.9. The Morgan fingerprint density at radius 2 is 1.84 bits per heavy atom. The highest BCUT2D eigenvalue weighted by Crippen LogP contribution is 2.38. The molecule has 0 radical (unpaired) electrons. The molecule has 5 heteroatoms. The van der Waals surface area contributed by atoms with Crippen LogP contribution in [0.5, 0.6) is 0 Å². The SMILES string of the molecule is NCC1CCCCC1N1C(=O)NC2(CCCC2)C1=O. The fraction of sp³-hybridized carbons (Fsp3) is 0.857. The van der Waals surface area contributed by atoms with Crippen molar-refractivity contribution in [1.29, 1.82) is 0 Å². The van der Waals surface area contributed by atoms with Crippen molar-refractivity contribution in [3.63, 3.8) is 0 Å². The van der Waals surface area contributed by atoms with Crippen molar-refractivity contribution in [2.24, 2.45) is 11.7 Å². The number of hydrogen-bond acceptors (Lipinski definition) is 3. The Hall–Kier alpha value is -1.10. The van der Waals surface area contributed by atoms with Crippen LogP contribution in [-0.4, -0.2) is 35.0 Å². The minimum Gasteiger partial charge on any atom is -0.330 e. The van der Waals surface area contributed by atoms with E-state index >= 15 is 0 Å². The van der Waals surface area contributed by atoms with Crippen LogP contribution in [0.3, 0.4) is 0 Å². The van der Waals surface area contributed by atoms with E-state index < -0.39 is 5.54 Å². The van der Waals surface area contributed by atoms with Gasteiger partial charge >= 0.3 is 6.03 Å². The number of imide groups is 1. The molecule has 106 valence electrons. The maximum absolute atomic E-state index is 12.7. The molecule has 3 fully saturated rings. The third-order valence-electron chi connectivity index (χ3n) is 5.15. The molecule has 1 saturated heterocycles. The Morgan fingerprint density at radius 1 is 1.16 bits per heavy atom. The molecule has 5 nitrogen and oxygen atoms in total. The van der Waals surface area contributed by atoms with Gasteiger partial charge in [-0.2, -0.15) is 0 Å². The van der Waals surface area contributed by atoms with E-state index in [1.807, 2.05) is 0 Å². The molecule has 3 N–H and O–H groups in total. The average Bonchev–Trinajstić information content (AvgIpc) is 2.97. The molecule has 0 bridgehead atoms. The van der Waals surface area contributed by atoms with Gasteiger partial charge in [-0.25, -0.2) is 4.79 Å². The van der Waals surface area contributed by atoms with Gasteiger partial charge in [0.05, 0.1) is 0 Å². The molecule has 0 aromatic heterocycles. The summed E-state index contributed by atoms with van der Waals surface area (Å²) in [5, 5.41) is 2.97. The monoisotopic (exact) mass is 265 g/mol. The number of rotatable bonds is 2. The predicted molar refractivity (Wildman–Crippen MR) is 71.4 cm³/mol. The summed E-state index contributed by atoms with van der Waals surface area (Å²) in [6, 6.07) is -0.163.